The number of ether oxygens (including phenoxy) is 1. The number of nitrogens with one attached hydrogen (secondary N) is 1. The van der Waals surface area contributed by atoms with E-state index >= 15 is 0 Å². The summed E-state index contributed by atoms with van der Waals surface area (Å²) in [6, 6.07) is 7.12. The molecule has 18 heavy (non-hydrogen) atoms. The third-order valence-electron chi connectivity index (χ3n) is 4.16. The lowest BCUT2D eigenvalue weighted by molar-refractivity contribution is 0.178. The van der Waals surface area contributed by atoms with Gasteiger partial charge in [-0.15, -0.1) is 0 Å². The lowest BCUT2D eigenvalue weighted by Crippen LogP contribution is -2.35. The first kappa shape index (κ1) is 13.6. The van der Waals surface area contributed by atoms with E-state index < -0.39 is 0 Å². The van der Waals surface area contributed by atoms with Crippen molar-refractivity contribution in [2.75, 3.05) is 19.8 Å². The molecule has 0 amide bonds. The summed E-state index contributed by atoms with van der Waals surface area (Å²) >= 11 is 0. The van der Waals surface area contributed by atoms with E-state index in [-0.39, 0.29) is 0 Å². The highest BCUT2D eigenvalue weighted by Gasteiger charge is 2.21. The van der Waals surface area contributed by atoms with Gasteiger partial charge in [-0.05, 0) is 62.8 Å². The first-order chi connectivity index (χ1) is 8.68. The molecule has 2 atom stereocenters. The molecule has 0 spiro atoms. The molecule has 2 rings (SSSR count). The molecule has 0 saturated carbocycles. The second kappa shape index (κ2) is 6.35. The Morgan fingerprint density at radius 1 is 1.33 bits per heavy atom. The van der Waals surface area contributed by atoms with E-state index in [1.54, 1.807) is 0 Å². The van der Waals surface area contributed by atoms with Crippen LogP contribution in [0.4, 0.5) is 0 Å². The number of aryl methyl sites for hydroxylation is 2. The van der Waals surface area contributed by atoms with Crippen molar-refractivity contribution >= 4 is 0 Å². The molecule has 0 aliphatic carbocycles. The molecular weight excluding hydrogens is 222 g/mol. The van der Waals surface area contributed by atoms with Crippen LogP contribution in [0.25, 0.3) is 0 Å². The Balaban J connectivity index is 1.81. The fourth-order valence-corrected chi connectivity index (χ4v) is 2.78. The molecule has 0 bridgehead atoms. The van der Waals surface area contributed by atoms with Crippen molar-refractivity contribution < 1.29 is 4.74 Å². The topological polar surface area (TPSA) is 21.3 Å². The molecule has 1 aliphatic rings. The van der Waals surface area contributed by atoms with Gasteiger partial charge in [0.2, 0.25) is 0 Å². The third kappa shape index (κ3) is 3.33. The Labute approximate surface area is 111 Å². The second-order valence-electron chi connectivity index (χ2n) is 5.49. The highest BCUT2D eigenvalue weighted by atomic mass is 16.5. The van der Waals surface area contributed by atoms with Gasteiger partial charge in [-0.3, -0.25) is 0 Å². The van der Waals surface area contributed by atoms with E-state index in [1.165, 1.54) is 23.1 Å². The molecule has 1 aliphatic heterocycles. The van der Waals surface area contributed by atoms with Gasteiger partial charge in [0.05, 0.1) is 6.61 Å². The van der Waals surface area contributed by atoms with Gasteiger partial charge in [-0.25, -0.2) is 0 Å². The van der Waals surface area contributed by atoms with E-state index in [2.05, 4.69) is 44.3 Å². The molecule has 100 valence electrons. The number of benzene rings is 1. The number of hydrogen-bond acceptors (Lipinski definition) is 2. The van der Waals surface area contributed by atoms with E-state index in [9.17, 15) is 0 Å². The first-order valence-corrected chi connectivity index (χ1v) is 7.04. The van der Waals surface area contributed by atoms with E-state index in [0.29, 0.717) is 12.0 Å². The molecule has 2 nitrogen and oxygen atoms in total. The zero-order valence-corrected chi connectivity index (χ0v) is 11.8. The molecular formula is C16H25NO. The highest BCUT2D eigenvalue weighted by Crippen LogP contribution is 2.17. The summed E-state index contributed by atoms with van der Waals surface area (Å²) in [6.07, 6.45) is 2.33. The van der Waals surface area contributed by atoms with Crippen molar-refractivity contribution in [1.82, 2.24) is 5.32 Å². The average molecular weight is 247 g/mol. The largest absolute Gasteiger partial charge is 0.381 e. The number of hydrogen-bond donors (Lipinski definition) is 1. The maximum Gasteiger partial charge on any atom is 0.0509 e. The van der Waals surface area contributed by atoms with Crippen molar-refractivity contribution in [3.8, 4) is 0 Å². The van der Waals surface area contributed by atoms with Crippen LogP contribution >= 0.6 is 0 Å². The Kier molecular flexibility index (Phi) is 4.79. The average Bonchev–Trinajstić information content (AvgIpc) is 2.86. The van der Waals surface area contributed by atoms with Gasteiger partial charge in [0, 0.05) is 12.6 Å². The molecule has 2 unspecified atom stereocenters. The van der Waals surface area contributed by atoms with Crippen LogP contribution in [0.1, 0.15) is 30.0 Å². The van der Waals surface area contributed by atoms with E-state index in [0.717, 1.165) is 26.2 Å². The van der Waals surface area contributed by atoms with Gasteiger partial charge in [0.25, 0.3) is 0 Å². The molecule has 1 aromatic rings. The molecule has 1 saturated heterocycles. The second-order valence-corrected chi connectivity index (χ2v) is 5.49. The highest BCUT2D eigenvalue weighted by molar-refractivity contribution is 5.33. The van der Waals surface area contributed by atoms with Crippen LogP contribution < -0.4 is 5.32 Å². The quantitative estimate of drug-likeness (QED) is 0.864. The van der Waals surface area contributed by atoms with Crippen LogP contribution in [0.2, 0.25) is 0 Å². The predicted octanol–water partition coefficient (Wildman–Crippen LogP) is 2.86. The van der Waals surface area contributed by atoms with E-state index in [4.69, 9.17) is 4.74 Å². The standard InChI is InChI=1S/C16H25NO/c1-12-5-4-6-13(2)16(12)7-9-17-14(3)15-8-10-18-11-15/h4-6,14-15,17H,7-11H2,1-3H3. The lowest BCUT2D eigenvalue weighted by Gasteiger charge is -2.20. The minimum atomic E-state index is 0.567. The number of rotatable bonds is 5. The Hall–Kier alpha value is -0.860. The monoisotopic (exact) mass is 247 g/mol. The summed E-state index contributed by atoms with van der Waals surface area (Å²) in [6.45, 7) is 9.62. The van der Waals surface area contributed by atoms with Gasteiger partial charge in [0.1, 0.15) is 0 Å². The van der Waals surface area contributed by atoms with Crippen LogP contribution in [0, 0.1) is 19.8 Å². The summed E-state index contributed by atoms with van der Waals surface area (Å²) in [5.41, 5.74) is 4.32. The van der Waals surface area contributed by atoms with Crippen LogP contribution in [-0.4, -0.2) is 25.8 Å². The molecule has 1 N–H and O–H groups in total. The van der Waals surface area contributed by atoms with Crippen LogP contribution in [0.5, 0.6) is 0 Å². The molecule has 0 aromatic heterocycles. The summed E-state index contributed by atoms with van der Waals surface area (Å²) in [4.78, 5) is 0. The van der Waals surface area contributed by atoms with Crippen LogP contribution in [0.15, 0.2) is 18.2 Å². The molecule has 2 heteroatoms. The molecule has 1 heterocycles. The Morgan fingerprint density at radius 3 is 2.67 bits per heavy atom. The van der Waals surface area contributed by atoms with Gasteiger partial charge < -0.3 is 10.1 Å². The molecule has 1 aromatic carbocycles. The maximum absolute atomic E-state index is 5.44. The Bertz CT molecular complexity index is 362. The summed E-state index contributed by atoms with van der Waals surface area (Å²) < 4.78 is 5.44. The first-order valence-electron chi connectivity index (χ1n) is 7.04. The van der Waals surface area contributed by atoms with Crippen molar-refractivity contribution in [3.63, 3.8) is 0 Å². The SMILES string of the molecule is Cc1cccc(C)c1CCNC(C)C1CCOC1. The smallest absolute Gasteiger partial charge is 0.0509 e. The van der Waals surface area contributed by atoms with Crippen molar-refractivity contribution in [3.05, 3.63) is 34.9 Å². The predicted molar refractivity (Wildman–Crippen MR) is 76.0 cm³/mol. The van der Waals surface area contributed by atoms with Crippen molar-refractivity contribution in [1.29, 1.82) is 0 Å². The lowest BCUT2D eigenvalue weighted by atomic mass is 9.98. The molecule has 1 fully saturated rings. The van der Waals surface area contributed by atoms with Gasteiger partial charge >= 0.3 is 0 Å². The van der Waals surface area contributed by atoms with Gasteiger partial charge in [0.15, 0.2) is 0 Å². The van der Waals surface area contributed by atoms with Crippen LogP contribution in [-0.2, 0) is 11.2 Å². The normalized spacial score (nSPS) is 21.2. The summed E-state index contributed by atoms with van der Waals surface area (Å²) in [7, 11) is 0. The van der Waals surface area contributed by atoms with Gasteiger partial charge in [-0.2, -0.15) is 0 Å². The van der Waals surface area contributed by atoms with Crippen molar-refractivity contribution in [2.24, 2.45) is 5.92 Å². The maximum atomic E-state index is 5.44. The van der Waals surface area contributed by atoms with Crippen molar-refractivity contribution in [2.45, 2.75) is 39.7 Å². The zero-order chi connectivity index (χ0) is 13.0. The minimum Gasteiger partial charge on any atom is -0.381 e. The zero-order valence-electron chi connectivity index (χ0n) is 11.8. The summed E-state index contributed by atoms with van der Waals surface area (Å²) in [5, 5.41) is 3.65. The van der Waals surface area contributed by atoms with E-state index in [1.807, 2.05) is 0 Å². The van der Waals surface area contributed by atoms with Gasteiger partial charge in [-0.1, -0.05) is 18.2 Å². The minimum absolute atomic E-state index is 0.567. The summed E-state index contributed by atoms with van der Waals surface area (Å²) in [5.74, 6) is 0.697. The third-order valence-corrected chi connectivity index (χ3v) is 4.16. The molecule has 0 radical (unpaired) electrons. The fourth-order valence-electron chi connectivity index (χ4n) is 2.78. The van der Waals surface area contributed by atoms with Crippen LogP contribution in [0.3, 0.4) is 0 Å². The Morgan fingerprint density at radius 2 is 2.06 bits per heavy atom. The fraction of sp³-hybridized carbons (Fsp3) is 0.625.